The van der Waals surface area contributed by atoms with Crippen molar-refractivity contribution in [2.45, 2.75) is 27.3 Å². The van der Waals surface area contributed by atoms with Crippen LogP contribution in [0.3, 0.4) is 0 Å². The maximum atomic E-state index is 4.53. The molecule has 16 heavy (non-hydrogen) atoms. The Bertz CT molecular complexity index is 315. The van der Waals surface area contributed by atoms with Crippen LogP contribution in [0.4, 0.5) is 0 Å². The Morgan fingerprint density at radius 1 is 1.44 bits per heavy atom. The molecule has 0 saturated carbocycles. The second kappa shape index (κ2) is 6.92. The van der Waals surface area contributed by atoms with Crippen molar-refractivity contribution in [1.29, 1.82) is 0 Å². The van der Waals surface area contributed by atoms with Gasteiger partial charge in [-0.1, -0.05) is 19.9 Å². The van der Waals surface area contributed by atoms with Crippen LogP contribution in [0.25, 0.3) is 0 Å². The van der Waals surface area contributed by atoms with E-state index >= 15 is 0 Å². The van der Waals surface area contributed by atoms with Gasteiger partial charge in [-0.05, 0) is 37.3 Å². The highest BCUT2D eigenvalue weighted by Gasteiger charge is 2.08. The second-order valence-corrected chi connectivity index (χ2v) is 4.75. The zero-order valence-electron chi connectivity index (χ0n) is 10.5. The van der Waals surface area contributed by atoms with E-state index in [0.29, 0.717) is 5.92 Å². The SMILES string of the molecule is CCN(Cc1cccc(C)n1)CC(C)CS. The molecule has 3 heteroatoms. The molecule has 1 aromatic heterocycles. The maximum absolute atomic E-state index is 4.53. The van der Waals surface area contributed by atoms with E-state index in [4.69, 9.17) is 0 Å². The summed E-state index contributed by atoms with van der Waals surface area (Å²) in [4.78, 5) is 6.95. The average molecular weight is 238 g/mol. The Kier molecular flexibility index (Phi) is 5.85. The molecule has 0 amide bonds. The van der Waals surface area contributed by atoms with E-state index in [0.717, 1.165) is 36.8 Å². The van der Waals surface area contributed by atoms with Crippen LogP contribution in [-0.2, 0) is 6.54 Å². The van der Waals surface area contributed by atoms with E-state index in [2.05, 4.69) is 48.5 Å². The fourth-order valence-electron chi connectivity index (χ4n) is 1.72. The Hall–Kier alpha value is -0.540. The van der Waals surface area contributed by atoms with Gasteiger partial charge in [0.25, 0.3) is 0 Å². The summed E-state index contributed by atoms with van der Waals surface area (Å²) < 4.78 is 0. The third kappa shape index (κ3) is 4.54. The summed E-state index contributed by atoms with van der Waals surface area (Å²) in [5.41, 5.74) is 2.25. The zero-order chi connectivity index (χ0) is 12.0. The van der Waals surface area contributed by atoms with E-state index in [1.807, 2.05) is 13.0 Å². The van der Waals surface area contributed by atoms with Crippen LogP contribution in [0.2, 0.25) is 0 Å². The predicted octanol–water partition coefficient (Wildman–Crippen LogP) is 2.78. The Labute approximate surface area is 104 Å². The van der Waals surface area contributed by atoms with E-state index in [1.165, 1.54) is 0 Å². The number of hydrogen-bond acceptors (Lipinski definition) is 3. The molecule has 1 rings (SSSR count). The molecule has 2 nitrogen and oxygen atoms in total. The zero-order valence-corrected chi connectivity index (χ0v) is 11.4. The molecule has 0 aliphatic carbocycles. The largest absolute Gasteiger partial charge is 0.297 e. The fourth-order valence-corrected chi connectivity index (χ4v) is 1.84. The molecule has 1 aromatic rings. The molecule has 0 radical (unpaired) electrons. The summed E-state index contributed by atoms with van der Waals surface area (Å²) >= 11 is 4.33. The molecule has 0 aliphatic rings. The lowest BCUT2D eigenvalue weighted by Gasteiger charge is -2.23. The molecule has 90 valence electrons. The van der Waals surface area contributed by atoms with Gasteiger partial charge < -0.3 is 0 Å². The van der Waals surface area contributed by atoms with Gasteiger partial charge in [-0.2, -0.15) is 12.6 Å². The molecular weight excluding hydrogens is 216 g/mol. The Balaban J connectivity index is 2.56. The van der Waals surface area contributed by atoms with Crippen molar-refractivity contribution in [3.63, 3.8) is 0 Å². The summed E-state index contributed by atoms with van der Waals surface area (Å²) in [6.07, 6.45) is 0. The summed E-state index contributed by atoms with van der Waals surface area (Å²) in [6, 6.07) is 6.21. The number of rotatable bonds is 6. The van der Waals surface area contributed by atoms with Gasteiger partial charge in [-0.15, -0.1) is 0 Å². The third-order valence-corrected chi connectivity index (χ3v) is 3.28. The van der Waals surface area contributed by atoms with Crippen molar-refractivity contribution in [2.24, 2.45) is 5.92 Å². The van der Waals surface area contributed by atoms with Gasteiger partial charge in [-0.3, -0.25) is 9.88 Å². The molecule has 1 unspecified atom stereocenters. The predicted molar refractivity (Wildman–Crippen MR) is 72.9 cm³/mol. The summed E-state index contributed by atoms with van der Waals surface area (Å²) in [5, 5.41) is 0. The van der Waals surface area contributed by atoms with Crippen molar-refractivity contribution >= 4 is 12.6 Å². The minimum Gasteiger partial charge on any atom is -0.297 e. The summed E-state index contributed by atoms with van der Waals surface area (Å²) in [7, 11) is 0. The Morgan fingerprint density at radius 3 is 2.75 bits per heavy atom. The number of thiol groups is 1. The molecule has 0 fully saturated rings. The first-order valence-corrected chi connectivity index (χ1v) is 6.54. The van der Waals surface area contributed by atoms with Crippen molar-refractivity contribution in [2.75, 3.05) is 18.8 Å². The highest BCUT2D eigenvalue weighted by molar-refractivity contribution is 7.80. The molecule has 0 aromatic carbocycles. The van der Waals surface area contributed by atoms with Crippen molar-refractivity contribution in [3.05, 3.63) is 29.6 Å². The standard InChI is InChI=1S/C13H22N2S/c1-4-15(8-11(2)10-16)9-13-7-5-6-12(3)14-13/h5-7,11,16H,4,8-10H2,1-3H3. The topological polar surface area (TPSA) is 16.1 Å². The summed E-state index contributed by atoms with van der Waals surface area (Å²) in [5.74, 6) is 1.57. The van der Waals surface area contributed by atoms with Gasteiger partial charge in [0, 0.05) is 18.8 Å². The van der Waals surface area contributed by atoms with Crippen molar-refractivity contribution in [1.82, 2.24) is 9.88 Å². The van der Waals surface area contributed by atoms with Gasteiger partial charge in [0.15, 0.2) is 0 Å². The normalized spacial score (nSPS) is 13.1. The molecule has 0 bridgehead atoms. The van der Waals surface area contributed by atoms with Gasteiger partial charge in [-0.25, -0.2) is 0 Å². The molecule has 1 atom stereocenters. The number of aryl methyl sites for hydroxylation is 1. The number of pyridine rings is 1. The molecule has 0 spiro atoms. The lowest BCUT2D eigenvalue weighted by Crippen LogP contribution is -2.29. The quantitative estimate of drug-likeness (QED) is 0.767. The van der Waals surface area contributed by atoms with Gasteiger partial charge >= 0.3 is 0 Å². The van der Waals surface area contributed by atoms with Crippen LogP contribution in [0.5, 0.6) is 0 Å². The van der Waals surface area contributed by atoms with Gasteiger partial charge in [0.05, 0.1) is 5.69 Å². The lowest BCUT2D eigenvalue weighted by atomic mass is 10.2. The summed E-state index contributed by atoms with van der Waals surface area (Å²) in [6.45, 7) is 9.57. The first-order valence-electron chi connectivity index (χ1n) is 5.91. The van der Waals surface area contributed by atoms with E-state index < -0.39 is 0 Å². The minimum absolute atomic E-state index is 0.632. The van der Waals surface area contributed by atoms with Crippen LogP contribution in [-0.4, -0.2) is 28.7 Å². The second-order valence-electron chi connectivity index (χ2n) is 4.39. The van der Waals surface area contributed by atoms with E-state index in [-0.39, 0.29) is 0 Å². The average Bonchev–Trinajstić information content (AvgIpc) is 2.28. The molecule has 0 saturated heterocycles. The molecule has 0 N–H and O–H groups in total. The number of nitrogens with zero attached hydrogens (tertiary/aromatic N) is 2. The number of hydrogen-bond donors (Lipinski definition) is 1. The van der Waals surface area contributed by atoms with Gasteiger partial charge in [0.2, 0.25) is 0 Å². The maximum Gasteiger partial charge on any atom is 0.0547 e. The fraction of sp³-hybridized carbons (Fsp3) is 0.615. The highest BCUT2D eigenvalue weighted by atomic mass is 32.1. The van der Waals surface area contributed by atoms with Crippen LogP contribution in [0.1, 0.15) is 25.2 Å². The molecular formula is C13H22N2S. The molecule has 1 heterocycles. The van der Waals surface area contributed by atoms with Crippen LogP contribution < -0.4 is 0 Å². The van der Waals surface area contributed by atoms with Crippen LogP contribution in [0, 0.1) is 12.8 Å². The van der Waals surface area contributed by atoms with E-state index in [9.17, 15) is 0 Å². The first kappa shape index (κ1) is 13.5. The lowest BCUT2D eigenvalue weighted by molar-refractivity contribution is 0.247. The minimum atomic E-state index is 0.632. The van der Waals surface area contributed by atoms with E-state index in [1.54, 1.807) is 0 Å². The third-order valence-electron chi connectivity index (χ3n) is 2.66. The Morgan fingerprint density at radius 2 is 2.19 bits per heavy atom. The van der Waals surface area contributed by atoms with Crippen LogP contribution in [0.15, 0.2) is 18.2 Å². The molecule has 0 aliphatic heterocycles. The van der Waals surface area contributed by atoms with Crippen LogP contribution >= 0.6 is 12.6 Å². The first-order chi connectivity index (χ1) is 7.65. The van der Waals surface area contributed by atoms with Crippen molar-refractivity contribution < 1.29 is 0 Å². The van der Waals surface area contributed by atoms with Crippen molar-refractivity contribution in [3.8, 4) is 0 Å². The monoisotopic (exact) mass is 238 g/mol. The number of aromatic nitrogens is 1. The smallest absolute Gasteiger partial charge is 0.0547 e. The highest BCUT2D eigenvalue weighted by Crippen LogP contribution is 2.07. The van der Waals surface area contributed by atoms with Gasteiger partial charge in [0.1, 0.15) is 0 Å².